The van der Waals surface area contributed by atoms with Crippen molar-refractivity contribution in [2.75, 3.05) is 13.1 Å². The van der Waals surface area contributed by atoms with Crippen LogP contribution in [0.1, 0.15) is 16.7 Å². The van der Waals surface area contributed by atoms with Gasteiger partial charge in [0.2, 0.25) is 0 Å². The molecule has 0 aliphatic carbocycles. The number of halogens is 3. The molecular formula is C18H17F3N2O3S. The number of amides is 1. The molecular weight excluding hydrogens is 381 g/mol. The van der Waals surface area contributed by atoms with Gasteiger partial charge >= 0.3 is 16.4 Å². The summed E-state index contributed by atoms with van der Waals surface area (Å²) in [4.78, 5) is 12.2. The third-order valence-electron chi connectivity index (χ3n) is 4.25. The molecule has 0 bridgehead atoms. The van der Waals surface area contributed by atoms with Gasteiger partial charge in [0, 0.05) is 13.1 Å². The summed E-state index contributed by atoms with van der Waals surface area (Å²) in [5.41, 5.74) is 0.254. The molecule has 0 aromatic heterocycles. The van der Waals surface area contributed by atoms with E-state index in [0.29, 0.717) is 5.56 Å². The lowest BCUT2D eigenvalue weighted by Gasteiger charge is -2.18. The third-order valence-corrected chi connectivity index (χ3v) is 6.11. The summed E-state index contributed by atoms with van der Waals surface area (Å²) in [5, 5.41) is 0. The van der Waals surface area contributed by atoms with Crippen LogP contribution in [0.15, 0.2) is 54.6 Å². The van der Waals surface area contributed by atoms with Crippen LogP contribution < -0.4 is 0 Å². The minimum absolute atomic E-state index is 0.00800. The molecule has 0 spiro atoms. The molecule has 1 aliphatic heterocycles. The smallest absolute Gasteiger partial charge is 0.272 e. The second-order valence-electron chi connectivity index (χ2n) is 6.18. The molecule has 1 heterocycles. The third kappa shape index (κ3) is 4.30. The molecule has 1 aliphatic rings. The van der Waals surface area contributed by atoms with Gasteiger partial charge < -0.3 is 0 Å². The highest BCUT2D eigenvalue weighted by Gasteiger charge is 2.42. The molecule has 5 nitrogen and oxygen atoms in total. The molecule has 9 heteroatoms. The predicted molar refractivity (Wildman–Crippen MR) is 92.6 cm³/mol. The van der Waals surface area contributed by atoms with E-state index in [1.165, 1.54) is 12.1 Å². The van der Waals surface area contributed by atoms with E-state index in [-0.39, 0.29) is 26.1 Å². The van der Waals surface area contributed by atoms with Crippen molar-refractivity contribution < 1.29 is 26.4 Å². The Morgan fingerprint density at radius 1 is 0.963 bits per heavy atom. The minimum atomic E-state index is -4.47. The molecule has 2 aromatic rings. The molecule has 27 heavy (non-hydrogen) atoms. The van der Waals surface area contributed by atoms with Crippen LogP contribution >= 0.6 is 0 Å². The van der Waals surface area contributed by atoms with Crippen LogP contribution in [-0.4, -0.2) is 36.0 Å². The Morgan fingerprint density at radius 3 is 2.30 bits per heavy atom. The zero-order valence-electron chi connectivity index (χ0n) is 14.2. The topological polar surface area (TPSA) is 57.7 Å². The van der Waals surface area contributed by atoms with Crippen molar-refractivity contribution >= 4 is 16.1 Å². The largest absolute Gasteiger partial charge is 0.416 e. The maximum absolute atomic E-state index is 12.8. The fourth-order valence-corrected chi connectivity index (χ4v) is 4.38. The van der Waals surface area contributed by atoms with E-state index in [1.54, 1.807) is 30.3 Å². The molecule has 0 saturated carbocycles. The second-order valence-corrected chi connectivity index (χ2v) is 8.03. The van der Waals surface area contributed by atoms with E-state index in [2.05, 4.69) is 0 Å². The average Bonchev–Trinajstić information content (AvgIpc) is 2.82. The summed E-state index contributed by atoms with van der Waals surface area (Å²) in [6, 6.07) is 13.5. The Morgan fingerprint density at radius 2 is 1.63 bits per heavy atom. The number of carbonyl (C=O) groups excluding carboxylic acids is 1. The lowest BCUT2D eigenvalue weighted by Crippen LogP contribution is -2.35. The van der Waals surface area contributed by atoms with E-state index < -0.39 is 27.9 Å². The fraction of sp³-hybridized carbons (Fsp3) is 0.278. The van der Waals surface area contributed by atoms with Crippen LogP contribution in [0.5, 0.6) is 0 Å². The molecule has 0 radical (unpaired) electrons. The van der Waals surface area contributed by atoms with Crippen LogP contribution in [0.25, 0.3) is 0 Å². The van der Waals surface area contributed by atoms with E-state index in [1.807, 2.05) is 0 Å². The zero-order valence-corrected chi connectivity index (χ0v) is 15.0. The van der Waals surface area contributed by atoms with Gasteiger partial charge in [0.1, 0.15) is 0 Å². The minimum Gasteiger partial charge on any atom is -0.272 e. The van der Waals surface area contributed by atoms with Gasteiger partial charge in [-0.15, -0.1) is 0 Å². The quantitative estimate of drug-likeness (QED) is 0.778. The molecule has 1 saturated heterocycles. The number of carbonyl (C=O) groups is 1. The van der Waals surface area contributed by atoms with Crippen LogP contribution in [0.3, 0.4) is 0 Å². The normalized spacial score (nSPS) is 17.4. The summed E-state index contributed by atoms with van der Waals surface area (Å²) >= 11 is 0. The number of hydrogen-bond donors (Lipinski definition) is 0. The van der Waals surface area contributed by atoms with E-state index in [9.17, 15) is 26.4 Å². The maximum Gasteiger partial charge on any atom is 0.416 e. The van der Waals surface area contributed by atoms with E-state index in [0.717, 1.165) is 26.3 Å². The Balaban J connectivity index is 1.71. The second kappa shape index (κ2) is 7.32. The van der Waals surface area contributed by atoms with Gasteiger partial charge in [-0.3, -0.25) is 4.79 Å². The molecule has 2 aromatic carbocycles. The van der Waals surface area contributed by atoms with Gasteiger partial charge in [-0.2, -0.15) is 25.9 Å². The molecule has 0 atom stereocenters. The zero-order chi connectivity index (χ0) is 19.7. The monoisotopic (exact) mass is 398 g/mol. The van der Waals surface area contributed by atoms with Crippen molar-refractivity contribution in [1.82, 2.24) is 8.61 Å². The molecule has 1 fully saturated rings. The lowest BCUT2D eigenvalue weighted by molar-refractivity contribution is -0.137. The first kappa shape index (κ1) is 19.4. The number of rotatable bonds is 5. The molecule has 0 N–H and O–H groups in total. The van der Waals surface area contributed by atoms with Crippen molar-refractivity contribution in [1.29, 1.82) is 0 Å². The number of hydrogen-bond acceptors (Lipinski definition) is 3. The van der Waals surface area contributed by atoms with Crippen molar-refractivity contribution in [3.63, 3.8) is 0 Å². The summed E-state index contributed by atoms with van der Waals surface area (Å²) < 4.78 is 65.4. The fourth-order valence-electron chi connectivity index (χ4n) is 2.88. The molecule has 0 unspecified atom stereocenters. The van der Waals surface area contributed by atoms with Gasteiger partial charge in [-0.25, -0.2) is 4.31 Å². The summed E-state index contributed by atoms with van der Waals surface area (Å²) in [7, 11) is -3.99. The standard InChI is InChI=1S/C18H17F3N2O3S/c19-18(20,21)16-8-4-7-14(11-16)9-10-23-17(24)13-22(27(23,25)26)12-15-5-2-1-3-6-15/h1-8,11H,9-10,12-13H2. The number of benzene rings is 2. The first-order chi connectivity index (χ1) is 12.7. The summed E-state index contributed by atoms with van der Waals surface area (Å²) in [6.07, 6.45) is -4.47. The Hall–Kier alpha value is -2.39. The van der Waals surface area contributed by atoms with E-state index >= 15 is 0 Å². The van der Waals surface area contributed by atoms with Gasteiger partial charge in [-0.1, -0.05) is 48.5 Å². The first-order valence-corrected chi connectivity index (χ1v) is 9.58. The SMILES string of the molecule is O=C1CN(Cc2ccccc2)S(=O)(=O)N1CCc1cccc(C(F)(F)F)c1. The molecule has 3 rings (SSSR count). The van der Waals surface area contributed by atoms with E-state index in [4.69, 9.17) is 0 Å². The lowest BCUT2D eigenvalue weighted by atomic mass is 10.1. The highest BCUT2D eigenvalue weighted by Crippen LogP contribution is 2.30. The highest BCUT2D eigenvalue weighted by atomic mass is 32.2. The van der Waals surface area contributed by atoms with Crippen LogP contribution in [0, 0.1) is 0 Å². The predicted octanol–water partition coefficient (Wildman–Crippen LogP) is 2.84. The first-order valence-electron chi connectivity index (χ1n) is 8.18. The Labute approximate surface area is 155 Å². The van der Waals surface area contributed by atoms with Crippen molar-refractivity contribution in [2.24, 2.45) is 0 Å². The molecule has 1 amide bonds. The Kier molecular flexibility index (Phi) is 5.25. The summed E-state index contributed by atoms with van der Waals surface area (Å²) in [5.74, 6) is -0.585. The van der Waals surface area contributed by atoms with Crippen LogP contribution in [0.4, 0.5) is 13.2 Å². The van der Waals surface area contributed by atoms with Crippen LogP contribution in [0.2, 0.25) is 0 Å². The Bertz CT molecular complexity index is 930. The maximum atomic E-state index is 12.8. The van der Waals surface area contributed by atoms with Crippen molar-refractivity contribution in [3.8, 4) is 0 Å². The van der Waals surface area contributed by atoms with Gasteiger partial charge in [0.05, 0.1) is 12.1 Å². The van der Waals surface area contributed by atoms with Gasteiger partial charge in [-0.05, 0) is 23.6 Å². The summed E-state index contributed by atoms with van der Waals surface area (Å²) in [6.45, 7) is -0.414. The van der Waals surface area contributed by atoms with Gasteiger partial charge in [0.15, 0.2) is 0 Å². The number of nitrogens with zero attached hydrogens (tertiary/aromatic N) is 2. The average molecular weight is 398 g/mol. The van der Waals surface area contributed by atoms with Gasteiger partial charge in [0.25, 0.3) is 5.91 Å². The van der Waals surface area contributed by atoms with Crippen LogP contribution in [-0.2, 0) is 34.1 Å². The highest BCUT2D eigenvalue weighted by molar-refractivity contribution is 7.87. The van der Waals surface area contributed by atoms with Crippen molar-refractivity contribution in [2.45, 2.75) is 19.1 Å². The molecule has 144 valence electrons. The number of alkyl halides is 3. The van der Waals surface area contributed by atoms with Crippen molar-refractivity contribution in [3.05, 3.63) is 71.3 Å².